The molecule has 3 atom stereocenters. The molecule has 3 heteroatoms. The van der Waals surface area contributed by atoms with Gasteiger partial charge in [-0.2, -0.15) is 0 Å². The van der Waals surface area contributed by atoms with Crippen molar-refractivity contribution in [2.45, 2.75) is 37.5 Å². The molecule has 0 aromatic heterocycles. The standard InChI is InChI=1S/C26H25NO2/c28-26-23(16-15-19-9-3-1-4-10-19)22-14-8-7-13-21(22)17-25-27(26)24(18-29-25)20-11-5-2-6-12-20/h1-14,23-25H,15-18H2/t23-,24-,25-/m1/s1. The van der Waals surface area contributed by atoms with Gasteiger partial charge < -0.3 is 9.64 Å². The summed E-state index contributed by atoms with van der Waals surface area (Å²) in [5, 5.41) is 0. The van der Waals surface area contributed by atoms with Gasteiger partial charge in [0, 0.05) is 6.42 Å². The molecule has 0 unspecified atom stereocenters. The Morgan fingerprint density at radius 3 is 2.34 bits per heavy atom. The van der Waals surface area contributed by atoms with Crippen molar-refractivity contribution in [2.75, 3.05) is 6.61 Å². The summed E-state index contributed by atoms with van der Waals surface area (Å²) in [5.74, 6) is 0.0616. The largest absolute Gasteiger partial charge is 0.355 e. The van der Waals surface area contributed by atoms with E-state index < -0.39 is 0 Å². The van der Waals surface area contributed by atoms with Gasteiger partial charge in [-0.1, -0.05) is 84.9 Å². The third-order valence-corrected chi connectivity index (χ3v) is 6.22. The minimum Gasteiger partial charge on any atom is -0.355 e. The van der Waals surface area contributed by atoms with Crippen LogP contribution in [-0.2, 0) is 22.4 Å². The quantitative estimate of drug-likeness (QED) is 0.642. The topological polar surface area (TPSA) is 29.5 Å². The summed E-state index contributed by atoms with van der Waals surface area (Å²) in [4.78, 5) is 15.9. The van der Waals surface area contributed by atoms with Crippen LogP contribution < -0.4 is 0 Å². The van der Waals surface area contributed by atoms with E-state index in [-0.39, 0.29) is 24.1 Å². The lowest BCUT2D eigenvalue weighted by molar-refractivity contribution is -0.139. The Bertz CT molecular complexity index is 986. The average molecular weight is 383 g/mol. The second kappa shape index (κ2) is 7.84. The van der Waals surface area contributed by atoms with Gasteiger partial charge in [0.05, 0.1) is 18.6 Å². The molecule has 3 aromatic rings. The molecule has 2 heterocycles. The molecular formula is C26H25NO2. The van der Waals surface area contributed by atoms with Crippen LogP contribution in [-0.4, -0.2) is 23.6 Å². The number of hydrogen-bond donors (Lipinski definition) is 0. The average Bonchev–Trinajstić information content (AvgIpc) is 3.15. The lowest BCUT2D eigenvalue weighted by atomic mass is 9.88. The van der Waals surface area contributed by atoms with Crippen LogP contribution in [0.3, 0.4) is 0 Å². The van der Waals surface area contributed by atoms with Gasteiger partial charge >= 0.3 is 0 Å². The molecular weight excluding hydrogens is 358 g/mol. The fourth-order valence-electron chi connectivity index (χ4n) is 4.74. The smallest absolute Gasteiger partial charge is 0.232 e. The monoisotopic (exact) mass is 383 g/mol. The molecule has 0 aliphatic carbocycles. The van der Waals surface area contributed by atoms with Gasteiger partial charge in [0.2, 0.25) is 5.91 Å². The molecule has 3 aromatic carbocycles. The van der Waals surface area contributed by atoms with E-state index in [1.807, 2.05) is 35.2 Å². The van der Waals surface area contributed by atoms with Gasteiger partial charge in [0.1, 0.15) is 6.23 Å². The number of amides is 1. The highest BCUT2D eigenvalue weighted by Crippen LogP contribution is 2.40. The van der Waals surface area contributed by atoms with Crippen molar-refractivity contribution in [3.8, 4) is 0 Å². The second-order valence-corrected chi connectivity index (χ2v) is 7.94. The third kappa shape index (κ3) is 3.47. The van der Waals surface area contributed by atoms with Gasteiger partial charge in [-0.25, -0.2) is 0 Å². The number of carbonyl (C=O) groups excluding carboxylic acids is 1. The minimum absolute atomic E-state index is 0.0118. The first-order chi connectivity index (χ1) is 14.3. The maximum atomic E-state index is 13.8. The van der Waals surface area contributed by atoms with Crippen LogP contribution in [0.2, 0.25) is 0 Å². The van der Waals surface area contributed by atoms with Crippen LogP contribution in [0.15, 0.2) is 84.9 Å². The Labute approximate surface area is 171 Å². The van der Waals surface area contributed by atoms with Crippen LogP contribution in [0.4, 0.5) is 0 Å². The van der Waals surface area contributed by atoms with Gasteiger partial charge in [-0.05, 0) is 35.1 Å². The molecule has 0 spiro atoms. The molecule has 5 rings (SSSR count). The van der Waals surface area contributed by atoms with Crippen LogP contribution in [0, 0.1) is 0 Å². The first-order valence-corrected chi connectivity index (χ1v) is 10.4. The van der Waals surface area contributed by atoms with Crippen molar-refractivity contribution >= 4 is 5.91 Å². The number of hydrogen-bond acceptors (Lipinski definition) is 2. The predicted molar refractivity (Wildman–Crippen MR) is 113 cm³/mol. The zero-order chi connectivity index (χ0) is 19.6. The van der Waals surface area contributed by atoms with Crippen molar-refractivity contribution in [1.82, 2.24) is 4.90 Å². The van der Waals surface area contributed by atoms with E-state index in [4.69, 9.17) is 4.74 Å². The molecule has 146 valence electrons. The van der Waals surface area contributed by atoms with Crippen LogP contribution in [0.5, 0.6) is 0 Å². The second-order valence-electron chi connectivity index (χ2n) is 7.94. The molecule has 0 radical (unpaired) electrons. The highest BCUT2D eigenvalue weighted by Gasteiger charge is 2.44. The number of carbonyl (C=O) groups is 1. The Hall–Kier alpha value is -2.91. The maximum Gasteiger partial charge on any atom is 0.232 e. The van der Waals surface area contributed by atoms with Gasteiger partial charge in [0.15, 0.2) is 0 Å². The van der Waals surface area contributed by atoms with Gasteiger partial charge in [0.25, 0.3) is 0 Å². The highest BCUT2D eigenvalue weighted by atomic mass is 16.5. The molecule has 1 fully saturated rings. The van der Waals surface area contributed by atoms with E-state index >= 15 is 0 Å². The molecule has 2 aliphatic heterocycles. The summed E-state index contributed by atoms with van der Waals surface area (Å²) in [6, 6.07) is 29.1. The van der Waals surface area contributed by atoms with Gasteiger partial charge in [-0.3, -0.25) is 4.79 Å². The molecule has 29 heavy (non-hydrogen) atoms. The van der Waals surface area contributed by atoms with E-state index in [0.29, 0.717) is 6.61 Å². The molecule has 0 N–H and O–H groups in total. The summed E-state index contributed by atoms with van der Waals surface area (Å²) in [7, 11) is 0. The number of benzene rings is 3. The molecule has 0 bridgehead atoms. The lowest BCUT2D eigenvalue weighted by Gasteiger charge is -2.29. The number of fused-ring (bicyclic) bond motifs is 2. The van der Waals surface area contributed by atoms with Crippen molar-refractivity contribution in [3.05, 3.63) is 107 Å². The number of ether oxygens (including phenoxy) is 1. The summed E-state index contributed by atoms with van der Waals surface area (Å²) < 4.78 is 6.15. The predicted octanol–water partition coefficient (Wildman–Crippen LogP) is 4.89. The van der Waals surface area contributed by atoms with Crippen molar-refractivity contribution in [1.29, 1.82) is 0 Å². The van der Waals surface area contributed by atoms with E-state index in [9.17, 15) is 4.79 Å². The molecule has 1 amide bonds. The lowest BCUT2D eigenvalue weighted by Crippen LogP contribution is -2.40. The first-order valence-electron chi connectivity index (χ1n) is 10.4. The first kappa shape index (κ1) is 18.1. The fraction of sp³-hybridized carbons (Fsp3) is 0.269. The SMILES string of the molecule is O=C1[C@H](CCc2ccccc2)c2ccccc2C[C@H]2OC[C@H](c3ccccc3)N12. The zero-order valence-electron chi connectivity index (χ0n) is 16.4. The Kier molecular flexibility index (Phi) is 4.91. The Morgan fingerprint density at radius 2 is 1.55 bits per heavy atom. The Balaban J connectivity index is 1.49. The summed E-state index contributed by atoms with van der Waals surface area (Å²) in [5.41, 5.74) is 4.82. The highest BCUT2D eigenvalue weighted by molar-refractivity contribution is 5.85. The molecule has 1 saturated heterocycles. The molecule has 2 aliphatic rings. The van der Waals surface area contributed by atoms with E-state index in [1.54, 1.807) is 0 Å². The third-order valence-electron chi connectivity index (χ3n) is 6.22. The fourth-order valence-corrected chi connectivity index (χ4v) is 4.74. The Morgan fingerprint density at radius 1 is 0.862 bits per heavy atom. The number of rotatable bonds is 4. The van der Waals surface area contributed by atoms with Crippen LogP contribution >= 0.6 is 0 Å². The zero-order valence-corrected chi connectivity index (χ0v) is 16.4. The minimum atomic E-state index is -0.185. The van der Waals surface area contributed by atoms with E-state index in [2.05, 4.69) is 54.6 Å². The van der Waals surface area contributed by atoms with Crippen molar-refractivity contribution in [2.24, 2.45) is 0 Å². The summed E-state index contributed by atoms with van der Waals surface area (Å²) in [6.07, 6.45) is 2.27. The number of nitrogens with zero attached hydrogens (tertiary/aromatic N) is 1. The molecule has 3 nitrogen and oxygen atoms in total. The summed E-state index contributed by atoms with van der Waals surface area (Å²) >= 11 is 0. The maximum absolute atomic E-state index is 13.8. The van der Waals surface area contributed by atoms with E-state index in [1.165, 1.54) is 16.7 Å². The van der Waals surface area contributed by atoms with Crippen LogP contribution in [0.25, 0.3) is 0 Å². The van der Waals surface area contributed by atoms with Crippen LogP contribution in [0.1, 0.15) is 40.6 Å². The van der Waals surface area contributed by atoms with E-state index in [0.717, 1.165) is 24.8 Å². The summed E-state index contributed by atoms with van der Waals surface area (Å²) in [6.45, 7) is 0.563. The molecule has 0 saturated carbocycles. The number of aryl methyl sites for hydroxylation is 1. The van der Waals surface area contributed by atoms with Gasteiger partial charge in [-0.15, -0.1) is 0 Å². The van der Waals surface area contributed by atoms with Crippen molar-refractivity contribution < 1.29 is 9.53 Å². The van der Waals surface area contributed by atoms with Crippen molar-refractivity contribution in [3.63, 3.8) is 0 Å². The normalized spacial score (nSPS) is 23.4.